The number of H-pyrrole nitrogens is 1. The highest BCUT2D eigenvalue weighted by molar-refractivity contribution is 14.1. The summed E-state index contributed by atoms with van der Waals surface area (Å²) in [5.41, 5.74) is 4.82. The van der Waals surface area contributed by atoms with Crippen LogP contribution in [0.1, 0.15) is 43.2 Å². The Balaban J connectivity index is 1.45. The number of halogens is 3. The number of aromatic nitrogens is 3. The summed E-state index contributed by atoms with van der Waals surface area (Å²) in [6, 6.07) is 23.0. The van der Waals surface area contributed by atoms with Gasteiger partial charge in [-0.3, -0.25) is 4.79 Å². The lowest BCUT2D eigenvalue weighted by Gasteiger charge is -2.25. The lowest BCUT2D eigenvalue weighted by molar-refractivity contribution is 0.0499. The number of imidazole rings is 1. The lowest BCUT2D eigenvalue weighted by atomic mass is 10.0. The largest absolute Gasteiger partial charge is 0.444 e. The van der Waals surface area contributed by atoms with E-state index in [0.29, 0.717) is 35.2 Å². The summed E-state index contributed by atoms with van der Waals surface area (Å²) >= 11 is 14.8. The van der Waals surface area contributed by atoms with Crippen LogP contribution in [0.15, 0.2) is 79.1 Å². The molecule has 11 heteroatoms. The molecule has 0 aliphatic carbocycles. The highest BCUT2D eigenvalue weighted by Gasteiger charge is 2.39. The Morgan fingerprint density at radius 3 is 2.47 bits per heavy atom. The van der Waals surface area contributed by atoms with Gasteiger partial charge in [-0.25, -0.2) is 9.78 Å². The number of hydrogen-bond donors (Lipinski definition) is 2. The second kappa shape index (κ2) is 12.7. The summed E-state index contributed by atoms with van der Waals surface area (Å²) in [7, 11) is 0. The number of nitrogens with one attached hydrogen (secondary N) is 2. The maximum absolute atomic E-state index is 14.5. The molecule has 3 aromatic carbocycles. The molecule has 0 spiro atoms. The van der Waals surface area contributed by atoms with Crippen LogP contribution in [0.25, 0.3) is 33.4 Å². The Bertz CT molecular complexity index is 1860. The molecule has 2 N–H and O–H groups in total. The van der Waals surface area contributed by atoms with Gasteiger partial charge in [-0.15, -0.1) is 0 Å². The number of fused-ring (bicyclic) bond motifs is 1. The molecule has 2 unspecified atom stereocenters. The molecule has 45 heavy (non-hydrogen) atoms. The number of carbonyl (C=O) groups excluding carboxylic acids is 2. The number of alkyl carbamates (subject to hydrolysis) is 1. The molecule has 2 atom stereocenters. The molecule has 0 saturated carbocycles. The van der Waals surface area contributed by atoms with Crippen LogP contribution < -0.4 is 5.32 Å². The van der Waals surface area contributed by atoms with Crippen molar-refractivity contribution in [1.82, 2.24) is 24.8 Å². The number of amides is 2. The predicted molar refractivity (Wildman–Crippen MR) is 187 cm³/mol. The lowest BCUT2D eigenvalue weighted by Crippen LogP contribution is -2.45. The quantitative estimate of drug-likeness (QED) is 0.103. The Hall–Kier alpha value is -3.54. The van der Waals surface area contributed by atoms with E-state index in [1.165, 1.54) is 0 Å². The van der Waals surface area contributed by atoms with Crippen LogP contribution in [-0.4, -0.2) is 53.7 Å². The van der Waals surface area contributed by atoms with Crippen molar-refractivity contribution in [2.45, 2.75) is 49.4 Å². The van der Waals surface area contributed by atoms with Crippen LogP contribution in [0.2, 0.25) is 10.0 Å². The Kier molecular flexibility index (Phi) is 8.87. The summed E-state index contributed by atoms with van der Waals surface area (Å²) in [5, 5.41) is 5.03. The minimum Gasteiger partial charge on any atom is -0.444 e. The van der Waals surface area contributed by atoms with Gasteiger partial charge in [0, 0.05) is 45.2 Å². The fraction of sp³-hybridized carbons (Fsp3) is 0.265. The third-order valence-corrected chi connectivity index (χ3v) is 9.66. The predicted octanol–water partition coefficient (Wildman–Crippen LogP) is 8.55. The van der Waals surface area contributed by atoms with E-state index in [4.69, 9.17) is 32.9 Å². The van der Waals surface area contributed by atoms with Crippen LogP contribution >= 0.6 is 45.8 Å². The molecule has 232 valence electrons. The Morgan fingerprint density at radius 1 is 1.04 bits per heavy atom. The van der Waals surface area contributed by atoms with Crippen molar-refractivity contribution in [2.75, 3.05) is 6.54 Å². The number of hydrogen-bond acceptors (Lipinski definition) is 4. The zero-order chi connectivity index (χ0) is 31.9. The second-order valence-electron chi connectivity index (χ2n) is 12.0. The van der Waals surface area contributed by atoms with E-state index in [-0.39, 0.29) is 16.0 Å². The third kappa shape index (κ3) is 6.71. The van der Waals surface area contributed by atoms with E-state index in [9.17, 15) is 9.59 Å². The smallest absolute Gasteiger partial charge is 0.407 e. The zero-order valence-electron chi connectivity index (χ0n) is 25.0. The van der Waals surface area contributed by atoms with Crippen molar-refractivity contribution >= 4 is 68.7 Å². The maximum atomic E-state index is 14.5. The van der Waals surface area contributed by atoms with E-state index in [1.54, 1.807) is 4.90 Å². The van der Waals surface area contributed by atoms with E-state index in [0.717, 1.165) is 39.0 Å². The third-order valence-electron chi connectivity index (χ3n) is 7.64. The minimum absolute atomic E-state index is 0.177. The van der Waals surface area contributed by atoms with Crippen LogP contribution in [0.5, 0.6) is 0 Å². The summed E-state index contributed by atoms with van der Waals surface area (Å²) < 4.78 is 7.25. The molecular formula is C34H32Cl2IN5O3. The van der Waals surface area contributed by atoms with Crippen LogP contribution in [0.3, 0.4) is 0 Å². The summed E-state index contributed by atoms with van der Waals surface area (Å²) in [6.07, 6.45) is 1.92. The number of nitrogens with zero attached hydrogens (tertiary/aromatic N) is 3. The van der Waals surface area contributed by atoms with Crippen LogP contribution in [0.4, 0.5) is 4.79 Å². The van der Waals surface area contributed by atoms with Gasteiger partial charge in [0.25, 0.3) is 5.91 Å². The molecule has 1 aliphatic rings. The number of likely N-dealkylation sites (tertiary alicyclic amines) is 1. The average molecular weight is 756 g/mol. The van der Waals surface area contributed by atoms with Gasteiger partial charge in [-0.2, -0.15) is 0 Å². The topological polar surface area (TPSA) is 92.2 Å². The van der Waals surface area contributed by atoms with Gasteiger partial charge < -0.3 is 24.5 Å². The first-order valence-electron chi connectivity index (χ1n) is 14.6. The van der Waals surface area contributed by atoms with Gasteiger partial charge in [0.05, 0.1) is 23.8 Å². The summed E-state index contributed by atoms with van der Waals surface area (Å²) in [6.45, 7) is 6.45. The molecular weight excluding hydrogens is 724 g/mol. The molecule has 3 heterocycles. The monoisotopic (exact) mass is 755 g/mol. The SMILES string of the molecule is CC(C)(C)OC(=O)NC1CCN(C(=O)c2[nH]c3cc(Cl)ccc3c2-c2c(-c3ccccc3)ncn2Cc2ccc(Cl)cc2)C1I. The fourth-order valence-corrected chi connectivity index (χ4v) is 7.02. The minimum atomic E-state index is -0.620. The van der Waals surface area contributed by atoms with Gasteiger partial charge in [-0.1, -0.05) is 94.3 Å². The highest BCUT2D eigenvalue weighted by atomic mass is 127. The molecule has 2 aromatic heterocycles. The molecule has 1 aliphatic heterocycles. The van der Waals surface area contributed by atoms with E-state index < -0.39 is 11.7 Å². The van der Waals surface area contributed by atoms with Crippen molar-refractivity contribution < 1.29 is 14.3 Å². The summed E-state index contributed by atoms with van der Waals surface area (Å²) in [4.78, 5) is 37.2. The van der Waals surface area contributed by atoms with Crippen molar-refractivity contribution in [1.29, 1.82) is 0 Å². The standard InChI is InChI=1S/C34H32Cl2IN5O3/c1-34(2,3)45-33(44)40-25-15-16-42(31(25)37)32(43)29-27(24-14-13-23(36)17-26(24)39-29)30-28(21-7-5-4-6-8-21)38-19-41(30)18-20-9-11-22(35)12-10-20/h4-14,17,19,25,31,39H,15-16,18H2,1-3H3,(H,40,44). The van der Waals surface area contributed by atoms with E-state index >= 15 is 0 Å². The van der Waals surface area contributed by atoms with Crippen molar-refractivity contribution in [2.24, 2.45) is 0 Å². The normalized spacial score (nSPS) is 16.7. The molecule has 0 radical (unpaired) electrons. The number of aromatic amines is 1. The molecule has 5 aromatic rings. The summed E-state index contributed by atoms with van der Waals surface area (Å²) in [5.74, 6) is -0.177. The molecule has 2 amide bonds. The Labute approximate surface area is 285 Å². The van der Waals surface area contributed by atoms with Gasteiger partial charge >= 0.3 is 6.09 Å². The van der Waals surface area contributed by atoms with Gasteiger partial charge in [0.15, 0.2) is 0 Å². The number of ether oxygens (including phenoxy) is 1. The Morgan fingerprint density at radius 2 is 1.76 bits per heavy atom. The molecule has 1 saturated heterocycles. The molecule has 1 fully saturated rings. The van der Waals surface area contributed by atoms with Crippen LogP contribution in [0, 0.1) is 0 Å². The van der Waals surface area contributed by atoms with Crippen molar-refractivity contribution in [3.05, 3.63) is 100 Å². The molecule has 6 rings (SSSR count). The van der Waals surface area contributed by atoms with Gasteiger partial charge in [0.2, 0.25) is 0 Å². The molecule has 8 nitrogen and oxygen atoms in total. The number of benzene rings is 3. The van der Waals surface area contributed by atoms with Crippen LogP contribution in [-0.2, 0) is 11.3 Å². The van der Waals surface area contributed by atoms with E-state index in [1.807, 2.05) is 99.9 Å². The fourth-order valence-electron chi connectivity index (χ4n) is 5.65. The first-order valence-corrected chi connectivity index (χ1v) is 16.6. The van der Waals surface area contributed by atoms with Gasteiger partial charge in [-0.05, 0) is 57.0 Å². The number of rotatable bonds is 6. The second-order valence-corrected chi connectivity index (χ2v) is 14.2. The van der Waals surface area contributed by atoms with E-state index in [2.05, 4.69) is 37.5 Å². The highest BCUT2D eigenvalue weighted by Crippen LogP contribution is 2.41. The van der Waals surface area contributed by atoms with Gasteiger partial charge in [0.1, 0.15) is 15.3 Å². The first-order chi connectivity index (χ1) is 21.5. The van der Waals surface area contributed by atoms with Crippen molar-refractivity contribution in [3.63, 3.8) is 0 Å². The first kappa shape index (κ1) is 31.4. The zero-order valence-corrected chi connectivity index (χ0v) is 28.7. The average Bonchev–Trinajstić information content (AvgIpc) is 3.68. The maximum Gasteiger partial charge on any atom is 0.407 e. The van der Waals surface area contributed by atoms with Crippen molar-refractivity contribution in [3.8, 4) is 22.5 Å². The molecule has 0 bridgehead atoms. The number of carbonyl (C=O) groups is 2. The number of alkyl halides is 1.